The van der Waals surface area contributed by atoms with Gasteiger partial charge in [0.15, 0.2) is 0 Å². The molecule has 0 amide bonds. The number of benzene rings is 2. The van der Waals surface area contributed by atoms with Crippen molar-refractivity contribution in [2.75, 3.05) is 0 Å². The zero-order valence-electron chi connectivity index (χ0n) is 12.1. The maximum absolute atomic E-state index is 11.1. The highest BCUT2D eigenvalue weighted by Crippen LogP contribution is 2.28. The Morgan fingerprint density at radius 3 is 2.48 bits per heavy atom. The average Bonchev–Trinajstić information content (AvgIpc) is 2.95. The standard InChI is InChI=1S/C13H7Br2N5O5/c14-9-4-11-13(5-10(9)15)18(17-16-11)25-6-7-1-2-8(19(21)22)3-12(7)20(23)24/h1-5H,6H2. The van der Waals surface area contributed by atoms with Crippen molar-refractivity contribution in [1.29, 1.82) is 0 Å². The molecule has 0 radical (unpaired) electrons. The van der Waals surface area contributed by atoms with Gasteiger partial charge in [-0.2, -0.15) is 0 Å². The minimum atomic E-state index is -0.696. The molecule has 1 aromatic heterocycles. The summed E-state index contributed by atoms with van der Waals surface area (Å²) in [5.74, 6) is 0. The van der Waals surface area contributed by atoms with Crippen molar-refractivity contribution in [3.8, 4) is 0 Å². The maximum atomic E-state index is 11.1. The molecule has 0 N–H and O–H groups in total. The van der Waals surface area contributed by atoms with E-state index >= 15 is 0 Å². The van der Waals surface area contributed by atoms with Crippen molar-refractivity contribution in [3.63, 3.8) is 0 Å². The number of nitro groups is 2. The Morgan fingerprint density at radius 2 is 1.80 bits per heavy atom. The summed E-state index contributed by atoms with van der Waals surface area (Å²) in [5, 5.41) is 29.7. The Bertz CT molecular complexity index is 1010. The molecule has 1 heterocycles. The summed E-state index contributed by atoms with van der Waals surface area (Å²) in [6, 6.07) is 6.82. The van der Waals surface area contributed by atoms with E-state index in [0.29, 0.717) is 11.0 Å². The maximum Gasteiger partial charge on any atom is 0.283 e. The molecular formula is C13H7Br2N5O5. The molecule has 3 aromatic rings. The second-order valence-corrected chi connectivity index (χ2v) is 6.53. The van der Waals surface area contributed by atoms with Gasteiger partial charge in [-0.25, -0.2) is 0 Å². The third-order valence-corrected chi connectivity index (χ3v) is 5.12. The van der Waals surface area contributed by atoms with Gasteiger partial charge in [0.2, 0.25) is 0 Å². The fraction of sp³-hybridized carbons (Fsp3) is 0.0769. The van der Waals surface area contributed by atoms with Crippen LogP contribution in [-0.2, 0) is 6.61 Å². The van der Waals surface area contributed by atoms with Crippen molar-refractivity contribution in [2.24, 2.45) is 0 Å². The van der Waals surface area contributed by atoms with Crippen LogP contribution in [0.1, 0.15) is 5.56 Å². The fourth-order valence-electron chi connectivity index (χ4n) is 2.08. The van der Waals surface area contributed by atoms with Crippen molar-refractivity contribution >= 4 is 54.3 Å². The van der Waals surface area contributed by atoms with Gasteiger partial charge in [0, 0.05) is 15.0 Å². The van der Waals surface area contributed by atoms with Crippen molar-refractivity contribution in [2.45, 2.75) is 6.61 Å². The van der Waals surface area contributed by atoms with Gasteiger partial charge < -0.3 is 4.84 Å². The lowest BCUT2D eigenvalue weighted by Crippen LogP contribution is -2.14. The number of hydrogen-bond donors (Lipinski definition) is 0. The Kier molecular flexibility index (Phi) is 4.63. The van der Waals surface area contributed by atoms with Gasteiger partial charge in [-0.05, 0) is 55.3 Å². The summed E-state index contributed by atoms with van der Waals surface area (Å²) in [7, 11) is 0. The largest absolute Gasteiger partial charge is 0.390 e. The van der Waals surface area contributed by atoms with Gasteiger partial charge in [0.25, 0.3) is 11.4 Å². The normalized spacial score (nSPS) is 10.8. The molecule has 128 valence electrons. The van der Waals surface area contributed by atoms with E-state index in [0.717, 1.165) is 19.9 Å². The highest BCUT2D eigenvalue weighted by Gasteiger charge is 2.20. The Labute approximate surface area is 155 Å². The van der Waals surface area contributed by atoms with Gasteiger partial charge in [0.05, 0.1) is 21.5 Å². The van der Waals surface area contributed by atoms with Crippen molar-refractivity contribution in [3.05, 3.63) is 65.1 Å². The lowest BCUT2D eigenvalue weighted by molar-refractivity contribution is -0.394. The van der Waals surface area contributed by atoms with Crippen LogP contribution in [0.3, 0.4) is 0 Å². The molecule has 12 heteroatoms. The quantitative estimate of drug-likeness (QED) is 0.411. The van der Waals surface area contributed by atoms with Crippen LogP contribution in [0, 0.1) is 20.2 Å². The molecule has 0 spiro atoms. The highest BCUT2D eigenvalue weighted by molar-refractivity contribution is 9.13. The van der Waals surface area contributed by atoms with E-state index in [-0.39, 0.29) is 17.9 Å². The lowest BCUT2D eigenvalue weighted by Gasteiger charge is -2.06. The first-order valence-electron chi connectivity index (χ1n) is 6.62. The fourth-order valence-corrected chi connectivity index (χ4v) is 2.74. The topological polar surface area (TPSA) is 126 Å². The van der Waals surface area contributed by atoms with E-state index in [9.17, 15) is 20.2 Å². The van der Waals surface area contributed by atoms with Crippen molar-refractivity contribution in [1.82, 2.24) is 15.2 Å². The van der Waals surface area contributed by atoms with E-state index in [1.54, 1.807) is 12.1 Å². The van der Waals surface area contributed by atoms with Crippen LogP contribution in [0.2, 0.25) is 0 Å². The van der Waals surface area contributed by atoms with E-state index in [1.807, 2.05) is 0 Å². The molecule has 0 saturated heterocycles. The Morgan fingerprint density at radius 1 is 1.08 bits per heavy atom. The van der Waals surface area contributed by atoms with Gasteiger partial charge in [-0.3, -0.25) is 20.2 Å². The molecule has 10 nitrogen and oxygen atoms in total. The third-order valence-electron chi connectivity index (χ3n) is 3.28. The smallest absolute Gasteiger partial charge is 0.283 e. The number of aromatic nitrogens is 3. The predicted molar refractivity (Wildman–Crippen MR) is 93.0 cm³/mol. The van der Waals surface area contributed by atoms with E-state index in [4.69, 9.17) is 4.84 Å². The number of nitrogens with zero attached hydrogens (tertiary/aromatic N) is 5. The van der Waals surface area contributed by atoms with E-state index < -0.39 is 15.5 Å². The summed E-state index contributed by atoms with van der Waals surface area (Å²) in [6.07, 6.45) is 0. The van der Waals surface area contributed by atoms with Crippen LogP contribution in [-0.4, -0.2) is 25.0 Å². The first-order chi connectivity index (χ1) is 11.9. The average molecular weight is 473 g/mol. The summed E-state index contributed by atoms with van der Waals surface area (Å²) in [4.78, 5) is 27.1. The summed E-state index contributed by atoms with van der Waals surface area (Å²) in [5.41, 5.74) is 0.529. The summed E-state index contributed by atoms with van der Waals surface area (Å²) >= 11 is 6.71. The molecule has 0 saturated carbocycles. The van der Waals surface area contributed by atoms with Gasteiger partial charge in [0.1, 0.15) is 17.6 Å². The lowest BCUT2D eigenvalue weighted by atomic mass is 10.2. The Hall–Kier alpha value is -2.60. The minimum Gasteiger partial charge on any atom is -0.390 e. The number of fused-ring (bicyclic) bond motifs is 1. The molecule has 0 atom stereocenters. The van der Waals surface area contributed by atoms with E-state index in [2.05, 4.69) is 42.2 Å². The van der Waals surface area contributed by atoms with Crippen LogP contribution in [0.15, 0.2) is 39.3 Å². The SMILES string of the molecule is O=[N+]([O-])c1ccc(COn2nnc3cc(Br)c(Br)cc32)c([N+](=O)[O-])c1. The first kappa shape index (κ1) is 17.2. The van der Waals surface area contributed by atoms with Crippen LogP contribution < -0.4 is 4.84 Å². The van der Waals surface area contributed by atoms with Gasteiger partial charge in [-0.15, -0.1) is 5.10 Å². The number of hydrogen-bond acceptors (Lipinski definition) is 7. The molecule has 3 rings (SSSR count). The number of halogens is 2. The van der Waals surface area contributed by atoms with Crippen LogP contribution in [0.25, 0.3) is 11.0 Å². The first-order valence-corrected chi connectivity index (χ1v) is 8.21. The second kappa shape index (κ2) is 6.72. The van der Waals surface area contributed by atoms with Crippen molar-refractivity contribution < 1.29 is 14.7 Å². The molecule has 0 unspecified atom stereocenters. The zero-order chi connectivity index (χ0) is 18.1. The number of rotatable bonds is 5. The third kappa shape index (κ3) is 3.44. The van der Waals surface area contributed by atoms with Crippen LogP contribution >= 0.6 is 31.9 Å². The molecular weight excluding hydrogens is 466 g/mol. The molecule has 0 aliphatic rings. The predicted octanol–water partition coefficient (Wildman–Crippen LogP) is 3.40. The highest BCUT2D eigenvalue weighted by atomic mass is 79.9. The number of nitro benzene ring substituents is 2. The second-order valence-electron chi connectivity index (χ2n) is 4.82. The molecule has 0 bridgehead atoms. The molecule has 25 heavy (non-hydrogen) atoms. The molecule has 0 aliphatic heterocycles. The molecule has 0 fully saturated rings. The monoisotopic (exact) mass is 471 g/mol. The zero-order valence-corrected chi connectivity index (χ0v) is 15.3. The Balaban J connectivity index is 1.90. The van der Waals surface area contributed by atoms with E-state index in [1.165, 1.54) is 12.1 Å². The molecule has 2 aromatic carbocycles. The number of non-ortho nitro benzene ring substituents is 1. The summed E-state index contributed by atoms with van der Waals surface area (Å²) < 4.78 is 1.55. The van der Waals surface area contributed by atoms with Gasteiger partial charge in [-0.1, -0.05) is 4.85 Å². The van der Waals surface area contributed by atoms with Gasteiger partial charge >= 0.3 is 0 Å². The molecule has 0 aliphatic carbocycles. The van der Waals surface area contributed by atoms with Crippen LogP contribution in [0.4, 0.5) is 11.4 Å². The summed E-state index contributed by atoms with van der Waals surface area (Å²) in [6.45, 7) is -0.208. The van der Waals surface area contributed by atoms with Crippen LogP contribution in [0.5, 0.6) is 0 Å². The minimum absolute atomic E-state index is 0.176.